The monoisotopic (exact) mass is 947 g/mol. The van der Waals surface area contributed by atoms with Crippen molar-refractivity contribution in [2.24, 2.45) is 5.41 Å². The first-order valence-corrected chi connectivity index (χ1v) is 23.7. The Morgan fingerprint density at radius 1 is 0.928 bits per heavy atom. The molecule has 3 aliphatic heterocycles. The minimum atomic E-state index is -0.733. The summed E-state index contributed by atoms with van der Waals surface area (Å²) in [6.07, 6.45) is 15.5. The number of rotatable bonds is 10. The number of anilines is 3. The van der Waals surface area contributed by atoms with E-state index in [0.717, 1.165) is 75.0 Å². The van der Waals surface area contributed by atoms with Crippen LogP contribution in [0.5, 0.6) is 0 Å². The number of nitrogens with one attached hydrogen (secondary N) is 3. The van der Waals surface area contributed by atoms with Gasteiger partial charge in [-0.15, -0.1) is 0 Å². The number of nitriles is 1. The van der Waals surface area contributed by atoms with Gasteiger partial charge in [-0.3, -0.25) is 34.1 Å². The van der Waals surface area contributed by atoms with Crippen molar-refractivity contribution in [3.05, 3.63) is 72.4 Å². The molecule has 1 atom stereocenters. The van der Waals surface area contributed by atoms with Crippen molar-refractivity contribution in [3.63, 3.8) is 0 Å². The SMILES string of the molecule is CCC1(C(=O)NC(C)(C)C)CCN(c2ccc(-c3nc(-c4cnn(C5CCC(N6CCN(c7c(F)cc(N[C@H]8CCC(=O)NC8=O)cc7F)CC6)CC5)c4)cn4ncc(C#N)c34)cn2)CC1.O=CO. The Hall–Kier alpha value is -7.01. The van der Waals surface area contributed by atoms with Crippen molar-refractivity contribution >= 4 is 46.9 Å². The third-order valence-corrected chi connectivity index (χ3v) is 14.0. The minimum absolute atomic E-state index is 0.0632. The molecular weight excluding hydrogens is 889 g/mol. The van der Waals surface area contributed by atoms with Crippen LogP contribution >= 0.6 is 0 Å². The predicted octanol–water partition coefficient (Wildman–Crippen LogP) is 5.94. The summed E-state index contributed by atoms with van der Waals surface area (Å²) in [4.78, 5) is 61.7. The second-order valence-corrected chi connectivity index (χ2v) is 19.4. The molecule has 1 aliphatic carbocycles. The minimum Gasteiger partial charge on any atom is -0.483 e. The molecule has 18 nitrogen and oxygen atoms in total. The number of piperazine rings is 1. The summed E-state index contributed by atoms with van der Waals surface area (Å²) in [6, 6.07) is 8.48. The van der Waals surface area contributed by atoms with E-state index in [0.29, 0.717) is 54.7 Å². The number of halogens is 2. The average molecular weight is 948 g/mol. The van der Waals surface area contributed by atoms with Gasteiger partial charge in [-0.05, 0) is 96.4 Å². The summed E-state index contributed by atoms with van der Waals surface area (Å²) in [5.74, 6) is -1.29. The van der Waals surface area contributed by atoms with Gasteiger partial charge >= 0.3 is 0 Å². The summed E-state index contributed by atoms with van der Waals surface area (Å²) in [6.45, 7) is 11.7. The zero-order chi connectivity index (χ0) is 49.0. The molecule has 7 heterocycles. The second-order valence-electron chi connectivity index (χ2n) is 19.4. The van der Waals surface area contributed by atoms with E-state index in [2.05, 4.69) is 43.8 Å². The molecule has 1 aromatic carbocycles. The summed E-state index contributed by atoms with van der Waals surface area (Å²) < 4.78 is 34.5. The van der Waals surface area contributed by atoms with Crippen molar-refractivity contribution in [1.82, 2.24) is 44.9 Å². The number of carboxylic acid groups (broad SMARTS) is 1. The summed E-state index contributed by atoms with van der Waals surface area (Å²) in [5, 5.41) is 34.5. The molecule has 4 aliphatic rings. The topological polar surface area (TPSA) is 219 Å². The van der Waals surface area contributed by atoms with Crippen molar-refractivity contribution in [2.75, 3.05) is 54.4 Å². The summed E-state index contributed by atoms with van der Waals surface area (Å²) in [7, 11) is 0. The zero-order valence-corrected chi connectivity index (χ0v) is 39.4. The normalized spacial score (nSPS) is 20.9. The molecule has 0 bridgehead atoms. The maximum absolute atomic E-state index is 15.4. The molecule has 5 aromatic rings. The largest absolute Gasteiger partial charge is 0.483 e. The van der Waals surface area contributed by atoms with Crippen LogP contribution in [0.3, 0.4) is 0 Å². The number of carbonyl (C=O) groups excluding carboxylic acids is 3. The van der Waals surface area contributed by atoms with Crippen LogP contribution in [-0.2, 0) is 19.2 Å². The number of carbonyl (C=O) groups is 4. The van der Waals surface area contributed by atoms with Crippen molar-refractivity contribution in [2.45, 2.75) is 109 Å². The van der Waals surface area contributed by atoms with E-state index in [-0.39, 0.29) is 54.1 Å². The van der Waals surface area contributed by atoms with Gasteiger partial charge in [0.1, 0.15) is 34.7 Å². The van der Waals surface area contributed by atoms with Crippen molar-refractivity contribution in [3.8, 4) is 28.6 Å². The number of imide groups is 1. The zero-order valence-electron chi connectivity index (χ0n) is 39.4. The number of piperidine rings is 2. The molecule has 4 N–H and O–H groups in total. The van der Waals surface area contributed by atoms with Gasteiger partial charge in [-0.1, -0.05) is 6.92 Å². The quantitative estimate of drug-likeness (QED) is 0.0942. The van der Waals surface area contributed by atoms with Gasteiger partial charge < -0.3 is 25.5 Å². The van der Waals surface area contributed by atoms with Crippen LogP contribution in [0.4, 0.5) is 26.0 Å². The molecular formula is C49H59F2N13O5. The van der Waals surface area contributed by atoms with Crippen LogP contribution in [0.15, 0.2) is 55.2 Å². The van der Waals surface area contributed by atoms with Gasteiger partial charge in [-0.25, -0.2) is 23.3 Å². The fourth-order valence-electron chi connectivity index (χ4n) is 10.2. The lowest BCUT2D eigenvalue weighted by molar-refractivity contribution is -0.135. The number of aromatic nitrogens is 6. The Bertz CT molecular complexity index is 2700. The van der Waals surface area contributed by atoms with E-state index in [4.69, 9.17) is 25.0 Å². The highest BCUT2D eigenvalue weighted by molar-refractivity contribution is 6.01. The highest BCUT2D eigenvalue weighted by Crippen LogP contribution is 2.39. The Morgan fingerprint density at radius 3 is 2.22 bits per heavy atom. The third-order valence-electron chi connectivity index (χ3n) is 14.0. The molecule has 0 spiro atoms. The van der Waals surface area contributed by atoms with E-state index in [1.165, 1.54) is 12.1 Å². The molecule has 4 fully saturated rings. The molecule has 364 valence electrons. The number of pyridine rings is 1. The van der Waals surface area contributed by atoms with Crippen molar-refractivity contribution < 1.29 is 33.1 Å². The maximum atomic E-state index is 15.4. The maximum Gasteiger partial charge on any atom is 0.290 e. The Kier molecular flexibility index (Phi) is 14.3. The first-order chi connectivity index (χ1) is 33.1. The number of hydrogen-bond donors (Lipinski definition) is 4. The Morgan fingerprint density at radius 2 is 1.61 bits per heavy atom. The standard InChI is InChI=1S/C48H57F2N13O3.CH2O2/c1-5-48(46(66)58-47(2,3)4)14-16-60(17-15-48)40-12-6-30(25-52-40)42-43-31(24-51)26-54-63(43)29-39(56-42)32-27-53-62(28-32)35-9-7-34(8-10-35)59-18-20-61(21-19-59)44-36(49)22-33(23-37(44)50)55-38-11-13-41(64)57-45(38)65;2-1-3/h6,12,22-23,25-29,34-35,38,55H,5,7-11,13-21H2,1-4H3,(H,58,66)(H,57,64,65);1H,(H,2,3)/t34?,35?,38-;/m0./s1. The molecule has 3 saturated heterocycles. The molecule has 69 heavy (non-hydrogen) atoms. The molecule has 0 unspecified atom stereocenters. The smallest absolute Gasteiger partial charge is 0.290 e. The van der Waals surface area contributed by atoms with Gasteiger partial charge in [0.2, 0.25) is 17.7 Å². The Balaban J connectivity index is 0.00000209. The van der Waals surface area contributed by atoms with Crippen LogP contribution in [0.25, 0.3) is 28.0 Å². The first-order valence-electron chi connectivity index (χ1n) is 23.7. The lowest BCUT2D eigenvalue weighted by Crippen LogP contribution is -2.53. The second kappa shape index (κ2) is 20.3. The fraction of sp³-hybridized carbons (Fsp3) is 0.490. The molecule has 9 rings (SSSR count). The molecule has 1 saturated carbocycles. The van der Waals surface area contributed by atoms with Crippen LogP contribution < -0.4 is 25.8 Å². The van der Waals surface area contributed by atoms with Gasteiger partial charge in [-0.2, -0.15) is 15.5 Å². The number of amides is 3. The lowest BCUT2D eigenvalue weighted by atomic mass is 9.75. The lowest BCUT2D eigenvalue weighted by Gasteiger charge is -2.42. The first kappa shape index (κ1) is 48.4. The Labute approximate surface area is 399 Å². The van der Waals surface area contributed by atoms with Gasteiger partial charge in [0, 0.05) is 86.5 Å². The van der Waals surface area contributed by atoms with E-state index in [1.807, 2.05) is 56.2 Å². The third kappa shape index (κ3) is 10.5. The number of nitrogens with zero attached hydrogens (tertiary/aromatic N) is 10. The molecule has 3 amide bonds. The van der Waals surface area contributed by atoms with Crippen LogP contribution in [-0.4, -0.2) is 120 Å². The van der Waals surface area contributed by atoms with E-state index < -0.39 is 29.0 Å². The highest BCUT2D eigenvalue weighted by atomic mass is 19.1. The number of benzene rings is 1. The number of hydrogen-bond acceptors (Lipinski definition) is 13. The van der Waals surface area contributed by atoms with Crippen LogP contribution in [0.1, 0.15) is 97.1 Å². The highest BCUT2D eigenvalue weighted by Gasteiger charge is 2.41. The van der Waals surface area contributed by atoms with Gasteiger partial charge in [0.25, 0.3) is 6.47 Å². The molecule has 4 aromatic heterocycles. The van der Waals surface area contributed by atoms with E-state index in [1.54, 1.807) is 21.8 Å². The van der Waals surface area contributed by atoms with E-state index >= 15 is 8.78 Å². The van der Waals surface area contributed by atoms with Gasteiger partial charge in [0.15, 0.2) is 11.6 Å². The summed E-state index contributed by atoms with van der Waals surface area (Å²) >= 11 is 0. The average Bonchev–Trinajstić information content (AvgIpc) is 4.01. The molecule has 20 heteroatoms. The number of fused-ring (bicyclic) bond motifs is 1. The van der Waals surface area contributed by atoms with Crippen LogP contribution in [0, 0.1) is 28.4 Å². The van der Waals surface area contributed by atoms with E-state index in [9.17, 15) is 19.6 Å². The van der Waals surface area contributed by atoms with Crippen molar-refractivity contribution in [1.29, 1.82) is 5.26 Å². The van der Waals surface area contributed by atoms with Crippen LogP contribution in [0.2, 0.25) is 0 Å². The molecule has 0 radical (unpaired) electrons. The van der Waals surface area contributed by atoms with Gasteiger partial charge in [0.05, 0.1) is 41.4 Å². The fourth-order valence-corrected chi connectivity index (χ4v) is 10.2. The summed E-state index contributed by atoms with van der Waals surface area (Å²) in [5.41, 5.74) is 3.28. The predicted molar refractivity (Wildman–Crippen MR) is 254 cm³/mol.